The summed E-state index contributed by atoms with van der Waals surface area (Å²) in [6.07, 6.45) is 0.00219. The normalized spacial score (nSPS) is 16.1. The highest BCUT2D eigenvalue weighted by Crippen LogP contribution is 2.16. The van der Waals surface area contributed by atoms with Gasteiger partial charge in [-0.1, -0.05) is 29.8 Å². The van der Waals surface area contributed by atoms with Crippen molar-refractivity contribution < 1.29 is 14.6 Å². The van der Waals surface area contributed by atoms with Crippen LogP contribution >= 0.6 is 11.6 Å². The lowest BCUT2D eigenvalue weighted by molar-refractivity contribution is -0.490. The number of rotatable bonds is 3. The molecular formula is C20H18ClN6O2+. The lowest BCUT2D eigenvalue weighted by Crippen LogP contribution is -2.89. The van der Waals surface area contributed by atoms with Gasteiger partial charge in [0.1, 0.15) is 0 Å². The van der Waals surface area contributed by atoms with Crippen LogP contribution in [0.1, 0.15) is 12.1 Å². The van der Waals surface area contributed by atoms with Gasteiger partial charge in [-0.05, 0) is 37.3 Å². The van der Waals surface area contributed by atoms with Crippen LogP contribution in [0.5, 0.6) is 0 Å². The second-order valence-electron chi connectivity index (χ2n) is 6.60. The lowest BCUT2D eigenvalue weighted by Gasteiger charge is -2.16. The third-order valence-corrected chi connectivity index (χ3v) is 4.68. The molecule has 8 nitrogen and oxygen atoms in total. The van der Waals surface area contributed by atoms with Crippen LogP contribution in [0.15, 0.2) is 48.5 Å². The summed E-state index contributed by atoms with van der Waals surface area (Å²) in [6, 6.07) is 13.6. The molecule has 3 aromatic rings. The molecule has 0 unspecified atom stereocenters. The van der Waals surface area contributed by atoms with E-state index in [4.69, 9.17) is 11.6 Å². The Kier molecular flexibility index (Phi) is 5.09. The molecule has 0 spiro atoms. The number of fused-ring (bicyclic) bond motifs is 1. The van der Waals surface area contributed by atoms with E-state index in [0.29, 0.717) is 16.7 Å². The Balaban J connectivity index is 1.54. The van der Waals surface area contributed by atoms with Crippen molar-refractivity contribution in [2.24, 2.45) is 0 Å². The van der Waals surface area contributed by atoms with E-state index in [1.165, 1.54) is 0 Å². The van der Waals surface area contributed by atoms with Crippen LogP contribution in [-0.2, 0) is 9.59 Å². The third-order valence-electron chi connectivity index (χ3n) is 4.43. The van der Waals surface area contributed by atoms with E-state index >= 15 is 0 Å². The molecule has 1 aliphatic rings. The zero-order valence-corrected chi connectivity index (χ0v) is 16.2. The Bertz CT molecular complexity index is 1130. The quantitative estimate of drug-likeness (QED) is 0.515. The van der Waals surface area contributed by atoms with Crippen molar-refractivity contribution in [2.75, 3.05) is 10.6 Å². The predicted octanol–water partition coefficient (Wildman–Crippen LogP) is 0.967. The second kappa shape index (κ2) is 7.84. The fraction of sp³-hybridized carbons (Fsp3) is 0.150. The largest absolute Gasteiger partial charge is 0.358 e. The van der Waals surface area contributed by atoms with Crippen LogP contribution in [0, 0.1) is 6.92 Å². The van der Waals surface area contributed by atoms with Crippen LogP contribution in [0.4, 0.5) is 11.6 Å². The molecule has 9 heteroatoms. The number of aromatic nitrogens is 2. The number of carbonyl (C=O) groups is 2. The zero-order valence-electron chi connectivity index (χ0n) is 15.5. The summed E-state index contributed by atoms with van der Waals surface area (Å²) in [5.41, 5.74) is 2.18. The zero-order chi connectivity index (χ0) is 20.4. The molecule has 29 heavy (non-hydrogen) atoms. The fourth-order valence-electron chi connectivity index (χ4n) is 3.03. The Hall–Kier alpha value is -3.52. The van der Waals surface area contributed by atoms with Crippen molar-refractivity contribution in [3.05, 3.63) is 59.2 Å². The molecule has 4 rings (SSSR count). The lowest BCUT2D eigenvalue weighted by atomic mass is 10.1. The molecular weight excluding hydrogens is 392 g/mol. The molecule has 1 aliphatic heterocycles. The Morgan fingerprint density at radius 3 is 2.72 bits per heavy atom. The number of aryl methyl sites for hydroxylation is 1. The van der Waals surface area contributed by atoms with Crippen LogP contribution in [0.3, 0.4) is 0 Å². The molecule has 1 aromatic heterocycles. The van der Waals surface area contributed by atoms with Gasteiger partial charge < -0.3 is 5.32 Å². The summed E-state index contributed by atoms with van der Waals surface area (Å²) in [7, 11) is 0. The number of halogens is 1. The molecule has 0 bridgehead atoms. The van der Waals surface area contributed by atoms with E-state index in [2.05, 4.69) is 30.9 Å². The van der Waals surface area contributed by atoms with Crippen molar-refractivity contribution in [2.45, 2.75) is 19.4 Å². The Morgan fingerprint density at radius 1 is 1.17 bits per heavy atom. The van der Waals surface area contributed by atoms with Crippen LogP contribution in [0.2, 0.25) is 5.02 Å². The van der Waals surface area contributed by atoms with Gasteiger partial charge in [0.25, 0.3) is 17.8 Å². The van der Waals surface area contributed by atoms with Crippen molar-refractivity contribution in [1.29, 1.82) is 0 Å². The molecule has 2 amide bonds. The predicted molar refractivity (Wildman–Crippen MR) is 110 cm³/mol. The van der Waals surface area contributed by atoms with Crippen LogP contribution in [0.25, 0.3) is 10.9 Å². The number of hydrogen-bond donors (Lipinski definition) is 4. The summed E-state index contributed by atoms with van der Waals surface area (Å²) >= 11 is 5.86. The number of para-hydroxylation sites is 1. The maximum atomic E-state index is 12.6. The highest BCUT2D eigenvalue weighted by Gasteiger charge is 2.31. The van der Waals surface area contributed by atoms with Gasteiger partial charge >= 0.3 is 5.96 Å². The summed E-state index contributed by atoms with van der Waals surface area (Å²) in [5, 5.41) is 9.91. The topological polar surface area (TPSA) is 110 Å². The maximum absolute atomic E-state index is 12.6. The maximum Gasteiger partial charge on any atom is 0.358 e. The number of benzene rings is 2. The molecule has 0 fully saturated rings. The number of anilines is 2. The molecule has 0 radical (unpaired) electrons. The van der Waals surface area contributed by atoms with E-state index in [1.54, 1.807) is 24.3 Å². The minimum absolute atomic E-state index is 0.00219. The standard InChI is InChI=1S/C20H17ClN6O2/c1-11-14-4-2-3-5-15(14)24-19(22-11)27-20-25-16(10-17(28)26-20)18(29)23-13-8-6-12(21)7-9-13/h2-9,16H,10H2,1H3,(H,23,29)(H2,22,24,25,26,27,28)/p+1/t16-/m1/s1. The molecule has 0 saturated carbocycles. The smallest absolute Gasteiger partial charge is 0.323 e. The van der Waals surface area contributed by atoms with Gasteiger partial charge in [0.05, 0.1) is 17.6 Å². The summed E-state index contributed by atoms with van der Waals surface area (Å²) in [5.74, 6) is -0.0490. The molecule has 2 aromatic carbocycles. The summed E-state index contributed by atoms with van der Waals surface area (Å²) in [4.78, 5) is 36.5. The molecule has 146 valence electrons. The Morgan fingerprint density at radius 2 is 1.93 bits per heavy atom. The van der Waals surface area contributed by atoms with Crippen molar-refractivity contribution in [3.63, 3.8) is 0 Å². The van der Waals surface area contributed by atoms with E-state index in [1.807, 2.05) is 31.2 Å². The first-order valence-corrected chi connectivity index (χ1v) is 9.36. The first-order valence-electron chi connectivity index (χ1n) is 8.98. The number of amides is 2. The third kappa shape index (κ3) is 4.33. The molecule has 1 atom stereocenters. The highest BCUT2D eigenvalue weighted by atomic mass is 35.5. The number of nitrogens with one attached hydrogen (secondary N) is 4. The van der Waals surface area contributed by atoms with E-state index in [0.717, 1.165) is 16.6 Å². The van der Waals surface area contributed by atoms with Gasteiger partial charge in [-0.2, -0.15) is 4.98 Å². The number of carbonyl (C=O) groups excluding carboxylic acids is 2. The number of nitrogens with zero attached hydrogens (tertiary/aromatic N) is 2. The van der Waals surface area contributed by atoms with Gasteiger partial charge in [-0.25, -0.2) is 15.6 Å². The van der Waals surface area contributed by atoms with Gasteiger partial charge in [-0.3, -0.25) is 14.6 Å². The van der Waals surface area contributed by atoms with Gasteiger partial charge in [0.2, 0.25) is 0 Å². The minimum Gasteiger partial charge on any atom is -0.323 e. The van der Waals surface area contributed by atoms with Crippen molar-refractivity contribution >= 4 is 51.9 Å². The summed E-state index contributed by atoms with van der Waals surface area (Å²) < 4.78 is 0. The first kappa shape index (κ1) is 18.8. The number of guanidine groups is 1. The van der Waals surface area contributed by atoms with E-state index in [-0.39, 0.29) is 24.2 Å². The first-order chi connectivity index (χ1) is 14.0. The average molecular weight is 410 g/mol. The van der Waals surface area contributed by atoms with Crippen molar-refractivity contribution in [1.82, 2.24) is 15.3 Å². The number of hydrogen-bond acceptors (Lipinski definition) is 5. The van der Waals surface area contributed by atoms with Gasteiger partial charge in [-0.15, -0.1) is 0 Å². The fourth-order valence-corrected chi connectivity index (χ4v) is 3.15. The molecule has 0 aliphatic carbocycles. The van der Waals surface area contributed by atoms with Crippen LogP contribution < -0.4 is 20.9 Å². The monoisotopic (exact) mass is 409 g/mol. The van der Waals surface area contributed by atoms with Gasteiger partial charge in [0, 0.05) is 16.1 Å². The summed E-state index contributed by atoms with van der Waals surface area (Å²) in [6.45, 7) is 1.88. The minimum atomic E-state index is -0.747. The second-order valence-corrected chi connectivity index (χ2v) is 7.03. The molecule has 0 saturated heterocycles. The van der Waals surface area contributed by atoms with E-state index in [9.17, 15) is 9.59 Å². The van der Waals surface area contributed by atoms with E-state index < -0.39 is 6.04 Å². The molecule has 4 N–H and O–H groups in total. The highest BCUT2D eigenvalue weighted by molar-refractivity contribution is 6.30. The van der Waals surface area contributed by atoms with Crippen LogP contribution in [-0.4, -0.2) is 33.8 Å². The average Bonchev–Trinajstić information content (AvgIpc) is 2.69. The van der Waals surface area contributed by atoms with Crippen molar-refractivity contribution in [3.8, 4) is 0 Å². The Labute approximate surface area is 171 Å². The van der Waals surface area contributed by atoms with Gasteiger partial charge in [0.15, 0.2) is 6.04 Å². The molecule has 2 heterocycles. The SMILES string of the molecule is Cc1nc(NC2=[NH+][C@@H](C(=O)Nc3ccc(Cl)cc3)CC(=O)N2)nc2ccccc12.